The van der Waals surface area contributed by atoms with E-state index in [2.05, 4.69) is 10.3 Å². The zero-order valence-electron chi connectivity index (χ0n) is 14.1. The Hall–Kier alpha value is -2.40. The lowest BCUT2D eigenvalue weighted by atomic mass is 10.0. The number of halogens is 1. The number of ether oxygens (including phenoxy) is 1. The fraction of sp³-hybridized carbons (Fsp3) is 0.529. The van der Waals surface area contributed by atoms with Gasteiger partial charge in [0.1, 0.15) is 17.1 Å². The number of alkyl carbamates (subject to hydrolysis) is 1. The maximum atomic E-state index is 13.3. The number of hydrogen-bond donors (Lipinski definition) is 1. The molecule has 0 spiro atoms. The van der Waals surface area contributed by atoms with Gasteiger partial charge in [0, 0.05) is 25.2 Å². The van der Waals surface area contributed by atoms with Gasteiger partial charge >= 0.3 is 6.09 Å². The van der Waals surface area contributed by atoms with Gasteiger partial charge < -0.3 is 15.0 Å². The van der Waals surface area contributed by atoms with Gasteiger partial charge in [0.15, 0.2) is 0 Å². The Labute approximate surface area is 140 Å². The van der Waals surface area contributed by atoms with Gasteiger partial charge in [0.2, 0.25) is 6.08 Å². The molecule has 130 valence electrons. The zero-order chi connectivity index (χ0) is 17.7. The van der Waals surface area contributed by atoms with E-state index < -0.39 is 17.5 Å². The smallest absolute Gasteiger partial charge is 0.407 e. The molecule has 2 rings (SSSR count). The standard InChI is InChI=1S/C17H22FN3O3/c1-17(2,3)24-16(23)20-13-6-8-21(9-7-13)15-5-4-12(18)10-14(15)19-11-22/h4-5,10,13H,6-9H2,1-3H3,(H,20,23). The molecule has 0 saturated carbocycles. The number of carbonyl (C=O) groups excluding carboxylic acids is 2. The molecular weight excluding hydrogens is 313 g/mol. The van der Waals surface area contributed by atoms with Crippen molar-refractivity contribution >= 4 is 23.5 Å². The van der Waals surface area contributed by atoms with Crippen molar-refractivity contribution in [3.05, 3.63) is 24.0 Å². The first-order chi connectivity index (χ1) is 11.3. The number of hydrogen-bond acceptors (Lipinski definition) is 5. The zero-order valence-corrected chi connectivity index (χ0v) is 14.1. The summed E-state index contributed by atoms with van der Waals surface area (Å²) in [5, 5.41) is 2.86. The predicted octanol–water partition coefficient (Wildman–Crippen LogP) is 3.29. The van der Waals surface area contributed by atoms with Crippen molar-refractivity contribution in [2.24, 2.45) is 4.99 Å². The number of isocyanates is 1. The second-order valence-electron chi connectivity index (χ2n) is 6.74. The summed E-state index contributed by atoms with van der Waals surface area (Å²) in [6.07, 6.45) is 2.48. The van der Waals surface area contributed by atoms with E-state index in [-0.39, 0.29) is 11.7 Å². The van der Waals surface area contributed by atoms with Crippen molar-refractivity contribution in [2.45, 2.75) is 45.3 Å². The van der Waals surface area contributed by atoms with E-state index in [0.717, 1.165) is 12.8 Å². The fourth-order valence-electron chi connectivity index (χ4n) is 2.64. The van der Waals surface area contributed by atoms with E-state index in [1.54, 1.807) is 6.07 Å². The number of benzene rings is 1. The second kappa shape index (κ2) is 7.45. The van der Waals surface area contributed by atoms with Crippen LogP contribution in [0.25, 0.3) is 0 Å². The van der Waals surface area contributed by atoms with Crippen LogP contribution < -0.4 is 10.2 Å². The summed E-state index contributed by atoms with van der Waals surface area (Å²) >= 11 is 0. The number of rotatable bonds is 3. The Morgan fingerprint density at radius 3 is 2.62 bits per heavy atom. The first-order valence-corrected chi connectivity index (χ1v) is 7.90. The molecule has 0 atom stereocenters. The summed E-state index contributed by atoms with van der Waals surface area (Å²) in [7, 11) is 0. The minimum atomic E-state index is -0.527. The Balaban J connectivity index is 1.96. The molecule has 6 nitrogen and oxygen atoms in total. The Bertz CT molecular complexity index is 643. The number of amides is 1. The molecule has 1 heterocycles. The SMILES string of the molecule is CC(C)(C)OC(=O)NC1CCN(c2ccc(F)cc2N=C=O)CC1. The molecule has 0 aromatic heterocycles. The van der Waals surface area contributed by atoms with Crippen LogP contribution >= 0.6 is 0 Å². The average Bonchev–Trinajstić information content (AvgIpc) is 2.47. The van der Waals surface area contributed by atoms with Crippen LogP contribution in [0.15, 0.2) is 23.2 Å². The third kappa shape index (κ3) is 5.06. The lowest BCUT2D eigenvalue weighted by Gasteiger charge is -2.34. The predicted molar refractivity (Wildman–Crippen MR) is 88.8 cm³/mol. The third-order valence-electron chi connectivity index (χ3n) is 3.66. The van der Waals surface area contributed by atoms with E-state index in [0.29, 0.717) is 18.8 Å². The van der Waals surface area contributed by atoms with E-state index in [1.807, 2.05) is 25.7 Å². The van der Waals surface area contributed by atoms with Crippen LogP contribution in [0.1, 0.15) is 33.6 Å². The number of aliphatic imine (C=N–C) groups is 1. The highest BCUT2D eigenvalue weighted by molar-refractivity contribution is 5.70. The van der Waals surface area contributed by atoms with Crippen molar-refractivity contribution < 1.29 is 18.7 Å². The summed E-state index contributed by atoms with van der Waals surface area (Å²) in [5.74, 6) is -0.450. The van der Waals surface area contributed by atoms with Crippen LogP contribution in [0.4, 0.5) is 20.6 Å². The second-order valence-corrected chi connectivity index (χ2v) is 6.74. The van der Waals surface area contributed by atoms with Gasteiger partial charge in [-0.15, -0.1) is 0 Å². The topological polar surface area (TPSA) is 71.0 Å². The minimum Gasteiger partial charge on any atom is -0.444 e. The van der Waals surface area contributed by atoms with Crippen molar-refractivity contribution in [1.82, 2.24) is 5.32 Å². The molecule has 1 aromatic rings. The molecule has 24 heavy (non-hydrogen) atoms. The molecular formula is C17H22FN3O3. The van der Waals surface area contributed by atoms with Gasteiger partial charge in [-0.1, -0.05) is 0 Å². The monoisotopic (exact) mass is 335 g/mol. The summed E-state index contributed by atoms with van der Waals surface area (Å²) in [6.45, 7) is 6.78. The highest BCUT2D eigenvalue weighted by Crippen LogP contribution is 2.31. The van der Waals surface area contributed by atoms with Gasteiger partial charge in [-0.25, -0.2) is 14.0 Å². The van der Waals surface area contributed by atoms with E-state index >= 15 is 0 Å². The average molecular weight is 335 g/mol. The summed E-state index contributed by atoms with van der Waals surface area (Å²) < 4.78 is 18.6. The van der Waals surface area contributed by atoms with Gasteiger partial charge in [-0.3, -0.25) is 0 Å². The number of nitrogens with one attached hydrogen (secondary N) is 1. The normalized spacial score (nSPS) is 15.6. The van der Waals surface area contributed by atoms with Crippen LogP contribution in [-0.4, -0.2) is 36.9 Å². The molecule has 0 unspecified atom stereocenters. The Kier molecular flexibility index (Phi) is 5.57. The first kappa shape index (κ1) is 17.9. The van der Waals surface area contributed by atoms with Crippen molar-refractivity contribution in [3.63, 3.8) is 0 Å². The van der Waals surface area contributed by atoms with E-state index in [9.17, 15) is 14.0 Å². The van der Waals surface area contributed by atoms with E-state index in [4.69, 9.17) is 4.74 Å². The first-order valence-electron chi connectivity index (χ1n) is 7.90. The van der Waals surface area contributed by atoms with E-state index in [1.165, 1.54) is 18.2 Å². The molecule has 1 amide bonds. The van der Waals surface area contributed by atoms with Gasteiger partial charge in [-0.2, -0.15) is 4.99 Å². The molecule has 1 fully saturated rings. The molecule has 1 aliphatic heterocycles. The number of piperidine rings is 1. The maximum Gasteiger partial charge on any atom is 0.407 e. The fourth-order valence-corrected chi connectivity index (χ4v) is 2.64. The maximum absolute atomic E-state index is 13.3. The summed E-state index contributed by atoms with van der Waals surface area (Å²) in [6, 6.07) is 4.18. The summed E-state index contributed by atoms with van der Waals surface area (Å²) in [4.78, 5) is 27.9. The minimum absolute atomic E-state index is 0.0228. The van der Waals surface area contributed by atoms with Crippen molar-refractivity contribution in [2.75, 3.05) is 18.0 Å². The van der Waals surface area contributed by atoms with Gasteiger partial charge in [-0.05, 0) is 45.7 Å². The molecule has 0 aliphatic carbocycles. The van der Waals surface area contributed by atoms with Crippen LogP contribution in [0.3, 0.4) is 0 Å². The lowest BCUT2D eigenvalue weighted by molar-refractivity contribution is 0.0497. The number of nitrogens with zero attached hydrogens (tertiary/aromatic N) is 2. The quantitative estimate of drug-likeness (QED) is 0.680. The van der Waals surface area contributed by atoms with Crippen molar-refractivity contribution in [3.8, 4) is 0 Å². The molecule has 7 heteroatoms. The van der Waals surface area contributed by atoms with Crippen LogP contribution in [-0.2, 0) is 9.53 Å². The van der Waals surface area contributed by atoms with Crippen LogP contribution in [0, 0.1) is 5.82 Å². The molecule has 1 N–H and O–H groups in total. The Morgan fingerprint density at radius 1 is 1.38 bits per heavy atom. The van der Waals surface area contributed by atoms with Gasteiger partial charge in [0.25, 0.3) is 0 Å². The van der Waals surface area contributed by atoms with Crippen molar-refractivity contribution in [1.29, 1.82) is 0 Å². The highest BCUT2D eigenvalue weighted by atomic mass is 19.1. The molecule has 1 saturated heterocycles. The number of anilines is 1. The third-order valence-corrected chi connectivity index (χ3v) is 3.66. The molecule has 1 aromatic carbocycles. The lowest BCUT2D eigenvalue weighted by Crippen LogP contribution is -2.46. The van der Waals surface area contributed by atoms with Crippen LogP contribution in [0.5, 0.6) is 0 Å². The van der Waals surface area contributed by atoms with Gasteiger partial charge in [0.05, 0.1) is 5.69 Å². The summed E-state index contributed by atoms with van der Waals surface area (Å²) in [5.41, 5.74) is 0.430. The molecule has 0 radical (unpaired) electrons. The number of carbonyl (C=O) groups is 1. The largest absolute Gasteiger partial charge is 0.444 e. The molecule has 0 bridgehead atoms. The Morgan fingerprint density at radius 2 is 2.04 bits per heavy atom. The highest BCUT2D eigenvalue weighted by Gasteiger charge is 2.24. The van der Waals surface area contributed by atoms with Crippen LogP contribution in [0.2, 0.25) is 0 Å². The molecule has 1 aliphatic rings.